The lowest BCUT2D eigenvalue weighted by Crippen LogP contribution is -2.30. The number of halogens is 2. The van der Waals surface area contributed by atoms with E-state index in [-0.39, 0.29) is 0 Å². The summed E-state index contributed by atoms with van der Waals surface area (Å²) in [6.45, 7) is 1.48. The number of hydrogen-bond donors (Lipinski definition) is 2. The fraction of sp³-hybridized carbons (Fsp3) is 0.143. The molecule has 18 heavy (non-hydrogen) atoms. The first-order valence-corrected chi connectivity index (χ1v) is 6.44. The normalized spacial score (nSPS) is 10.6. The minimum Gasteiger partial charge on any atom is -0.253 e. The molecule has 0 aliphatic heterocycles. The summed E-state index contributed by atoms with van der Waals surface area (Å²) >= 11 is 11.7. The number of benzene rings is 2. The van der Waals surface area contributed by atoms with Gasteiger partial charge in [-0.25, -0.2) is 0 Å². The van der Waals surface area contributed by atoms with E-state index in [1.165, 1.54) is 5.56 Å². The fourth-order valence-electron chi connectivity index (χ4n) is 1.58. The van der Waals surface area contributed by atoms with Crippen LogP contribution in [0, 0.1) is 0 Å². The van der Waals surface area contributed by atoms with Gasteiger partial charge in [0.25, 0.3) is 0 Å². The van der Waals surface area contributed by atoms with Gasteiger partial charge in [0.15, 0.2) is 0 Å². The van der Waals surface area contributed by atoms with Gasteiger partial charge in [0.05, 0.1) is 0 Å². The zero-order valence-electron chi connectivity index (χ0n) is 9.79. The summed E-state index contributed by atoms with van der Waals surface area (Å²) in [5, 5.41) is 1.51. The smallest absolute Gasteiger partial charge is 0.0409 e. The van der Waals surface area contributed by atoms with Crippen LogP contribution >= 0.6 is 23.2 Å². The molecule has 0 spiro atoms. The topological polar surface area (TPSA) is 24.1 Å². The van der Waals surface area contributed by atoms with E-state index in [0.717, 1.165) is 28.7 Å². The van der Waals surface area contributed by atoms with Gasteiger partial charge in [-0.15, -0.1) is 0 Å². The highest BCUT2D eigenvalue weighted by atomic mass is 35.5. The number of rotatable bonds is 5. The Morgan fingerprint density at radius 3 is 2.06 bits per heavy atom. The van der Waals surface area contributed by atoms with E-state index in [4.69, 9.17) is 23.2 Å². The van der Waals surface area contributed by atoms with Crippen LogP contribution in [0.3, 0.4) is 0 Å². The molecule has 0 unspecified atom stereocenters. The molecule has 0 atom stereocenters. The van der Waals surface area contributed by atoms with Gasteiger partial charge in [-0.3, -0.25) is 10.9 Å². The summed E-state index contributed by atoms with van der Waals surface area (Å²) in [6.07, 6.45) is 0. The molecule has 94 valence electrons. The van der Waals surface area contributed by atoms with E-state index in [1.54, 1.807) is 0 Å². The fourth-order valence-corrected chi connectivity index (χ4v) is 1.92. The van der Waals surface area contributed by atoms with Crippen molar-refractivity contribution >= 4 is 23.2 Å². The van der Waals surface area contributed by atoms with E-state index in [1.807, 2.05) is 48.5 Å². The number of hydrazine groups is 1. The quantitative estimate of drug-likeness (QED) is 0.643. The third kappa shape index (κ3) is 4.31. The van der Waals surface area contributed by atoms with Crippen molar-refractivity contribution in [2.45, 2.75) is 13.1 Å². The second kappa shape index (κ2) is 6.76. The zero-order chi connectivity index (χ0) is 12.8. The van der Waals surface area contributed by atoms with E-state index in [0.29, 0.717) is 0 Å². The second-order valence-electron chi connectivity index (χ2n) is 3.96. The Morgan fingerprint density at radius 1 is 0.722 bits per heavy atom. The van der Waals surface area contributed by atoms with Crippen molar-refractivity contribution in [3.8, 4) is 0 Å². The van der Waals surface area contributed by atoms with Crippen molar-refractivity contribution < 1.29 is 0 Å². The first-order chi connectivity index (χ1) is 8.74. The standard InChI is InChI=1S/C14H14Cl2N2/c15-13-6-4-11(5-7-13)9-17-18-10-12-2-1-3-14(16)8-12/h1-8,17-18H,9-10H2. The lowest BCUT2D eigenvalue weighted by Gasteiger charge is -2.07. The van der Waals surface area contributed by atoms with Crippen LogP contribution in [0.5, 0.6) is 0 Å². The third-order valence-corrected chi connectivity index (χ3v) is 3.00. The third-order valence-electron chi connectivity index (χ3n) is 2.51. The lowest BCUT2D eigenvalue weighted by atomic mass is 10.2. The molecule has 0 bridgehead atoms. The molecule has 0 aliphatic rings. The molecule has 0 aliphatic carbocycles. The molecular formula is C14H14Cl2N2. The van der Waals surface area contributed by atoms with Gasteiger partial charge < -0.3 is 0 Å². The predicted octanol–water partition coefficient (Wildman–Crippen LogP) is 3.79. The first-order valence-electron chi connectivity index (χ1n) is 5.68. The molecule has 0 aromatic heterocycles. The Labute approximate surface area is 117 Å². The maximum atomic E-state index is 5.91. The van der Waals surface area contributed by atoms with Crippen molar-refractivity contribution in [1.82, 2.24) is 10.9 Å². The predicted molar refractivity (Wildman–Crippen MR) is 76.6 cm³/mol. The van der Waals surface area contributed by atoms with Crippen LogP contribution in [0.15, 0.2) is 48.5 Å². The van der Waals surface area contributed by atoms with Crippen LogP contribution in [-0.4, -0.2) is 0 Å². The Hall–Kier alpha value is -1.06. The molecular weight excluding hydrogens is 267 g/mol. The molecule has 0 heterocycles. The molecule has 0 amide bonds. The number of nitrogens with one attached hydrogen (secondary N) is 2. The largest absolute Gasteiger partial charge is 0.253 e. The number of hydrogen-bond acceptors (Lipinski definition) is 2. The molecule has 2 nitrogen and oxygen atoms in total. The molecule has 0 fully saturated rings. The summed E-state index contributed by atoms with van der Waals surface area (Å²) < 4.78 is 0. The van der Waals surface area contributed by atoms with Crippen LogP contribution in [0.2, 0.25) is 10.0 Å². The van der Waals surface area contributed by atoms with Gasteiger partial charge in [0, 0.05) is 23.1 Å². The van der Waals surface area contributed by atoms with E-state index in [2.05, 4.69) is 10.9 Å². The Kier molecular flexibility index (Phi) is 5.02. The summed E-state index contributed by atoms with van der Waals surface area (Å²) in [7, 11) is 0. The minimum absolute atomic E-state index is 0.730. The van der Waals surface area contributed by atoms with Crippen molar-refractivity contribution in [2.24, 2.45) is 0 Å². The summed E-state index contributed by atoms with van der Waals surface area (Å²) in [6, 6.07) is 15.5. The summed E-state index contributed by atoms with van der Waals surface area (Å²) in [4.78, 5) is 0. The molecule has 2 aromatic carbocycles. The molecule has 2 aromatic rings. The molecule has 0 saturated carbocycles. The van der Waals surface area contributed by atoms with Gasteiger partial charge in [-0.1, -0.05) is 47.5 Å². The van der Waals surface area contributed by atoms with Crippen LogP contribution in [0.1, 0.15) is 11.1 Å². The molecule has 0 radical (unpaired) electrons. The highest BCUT2D eigenvalue weighted by molar-refractivity contribution is 6.30. The van der Waals surface area contributed by atoms with Crippen LogP contribution in [-0.2, 0) is 13.1 Å². The highest BCUT2D eigenvalue weighted by Crippen LogP contribution is 2.10. The van der Waals surface area contributed by atoms with E-state index < -0.39 is 0 Å². The second-order valence-corrected chi connectivity index (χ2v) is 4.84. The highest BCUT2D eigenvalue weighted by Gasteiger charge is 1.95. The monoisotopic (exact) mass is 280 g/mol. The van der Waals surface area contributed by atoms with Crippen molar-refractivity contribution in [1.29, 1.82) is 0 Å². The Balaban J connectivity index is 1.74. The van der Waals surface area contributed by atoms with Crippen molar-refractivity contribution in [3.63, 3.8) is 0 Å². The summed E-state index contributed by atoms with van der Waals surface area (Å²) in [5.74, 6) is 0. The summed E-state index contributed by atoms with van der Waals surface area (Å²) in [5.41, 5.74) is 8.63. The maximum absolute atomic E-state index is 5.91. The van der Waals surface area contributed by atoms with Crippen LogP contribution in [0.4, 0.5) is 0 Å². The average Bonchev–Trinajstić information content (AvgIpc) is 2.37. The Bertz CT molecular complexity index is 497. The lowest BCUT2D eigenvalue weighted by molar-refractivity contribution is 0.529. The van der Waals surface area contributed by atoms with Crippen LogP contribution < -0.4 is 10.9 Å². The maximum Gasteiger partial charge on any atom is 0.0409 e. The SMILES string of the molecule is Clc1ccc(CNNCc2cccc(Cl)c2)cc1. The molecule has 0 saturated heterocycles. The van der Waals surface area contributed by atoms with Crippen molar-refractivity contribution in [3.05, 3.63) is 69.7 Å². The van der Waals surface area contributed by atoms with Gasteiger partial charge in [0.1, 0.15) is 0 Å². The zero-order valence-corrected chi connectivity index (χ0v) is 11.3. The van der Waals surface area contributed by atoms with Gasteiger partial charge in [-0.2, -0.15) is 0 Å². The van der Waals surface area contributed by atoms with Crippen LogP contribution in [0.25, 0.3) is 0 Å². The molecule has 2 rings (SSSR count). The van der Waals surface area contributed by atoms with Gasteiger partial charge >= 0.3 is 0 Å². The van der Waals surface area contributed by atoms with Gasteiger partial charge in [0.2, 0.25) is 0 Å². The Morgan fingerprint density at radius 2 is 1.39 bits per heavy atom. The minimum atomic E-state index is 0.730. The van der Waals surface area contributed by atoms with E-state index in [9.17, 15) is 0 Å². The molecule has 2 N–H and O–H groups in total. The first kappa shape index (κ1) is 13.4. The van der Waals surface area contributed by atoms with E-state index >= 15 is 0 Å². The average molecular weight is 281 g/mol. The molecule has 4 heteroatoms. The van der Waals surface area contributed by atoms with Crippen molar-refractivity contribution in [2.75, 3.05) is 0 Å². The van der Waals surface area contributed by atoms with Gasteiger partial charge in [-0.05, 0) is 35.4 Å².